The number of nitrogens with one attached hydrogen (secondary N) is 2. The second kappa shape index (κ2) is 13.3. The fourth-order valence-corrected chi connectivity index (χ4v) is 6.89. The second-order valence-electron chi connectivity index (χ2n) is 13.9. The number of fused-ring (bicyclic) bond motifs is 1. The number of aromatic amines is 1. The zero-order chi connectivity index (χ0) is 35.2. The molecular weight excluding hydrogens is 644 g/mol. The molecular formula is C32H44N4O11Si. The highest BCUT2D eigenvalue weighted by Gasteiger charge is 2.57. The number of H-pyrrole nitrogens is 1. The fraction of sp³-hybridized carbons (Fsp3) is 0.562. The van der Waals surface area contributed by atoms with Crippen molar-refractivity contribution in [2.75, 3.05) is 12.4 Å². The Hall–Kier alpha value is -3.64. The number of anilines is 1. The largest absolute Gasteiger partial charge is 0.456 e. The average Bonchev–Trinajstić information content (AvgIpc) is 3.50. The molecule has 2 saturated heterocycles. The van der Waals surface area contributed by atoms with E-state index in [4.69, 9.17) is 38.6 Å². The number of methoxy groups -OCH3 is 1. The number of primary amides is 1. The molecule has 2 aromatic rings. The van der Waals surface area contributed by atoms with Crippen molar-refractivity contribution in [2.45, 2.75) is 108 Å². The van der Waals surface area contributed by atoms with Gasteiger partial charge in [-0.3, -0.25) is 23.9 Å². The molecule has 3 aliphatic rings. The van der Waals surface area contributed by atoms with Crippen LogP contribution in [0.1, 0.15) is 40.8 Å². The molecule has 0 saturated carbocycles. The van der Waals surface area contributed by atoms with E-state index in [1.165, 1.54) is 30.0 Å². The van der Waals surface area contributed by atoms with Crippen molar-refractivity contribution >= 4 is 25.8 Å². The summed E-state index contributed by atoms with van der Waals surface area (Å²) in [7, 11) is -1.16. The third-order valence-corrected chi connectivity index (χ3v) is 13.4. The Morgan fingerprint density at radius 3 is 2.38 bits per heavy atom. The van der Waals surface area contributed by atoms with Crippen LogP contribution in [0, 0.1) is 0 Å². The molecule has 0 spiro atoms. The lowest BCUT2D eigenvalue weighted by atomic mass is 10.0. The van der Waals surface area contributed by atoms with E-state index in [9.17, 15) is 19.2 Å². The van der Waals surface area contributed by atoms with Gasteiger partial charge in [0.2, 0.25) is 12.2 Å². The first kappa shape index (κ1) is 35.7. The Balaban J connectivity index is 1.49. The van der Waals surface area contributed by atoms with Crippen molar-refractivity contribution in [1.82, 2.24) is 9.55 Å². The number of amides is 2. The molecule has 0 aliphatic carbocycles. The van der Waals surface area contributed by atoms with Gasteiger partial charge in [0.25, 0.3) is 11.5 Å². The van der Waals surface area contributed by atoms with Crippen LogP contribution in [0.5, 0.6) is 0 Å². The van der Waals surface area contributed by atoms with Crippen LogP contribution in [0.3, 0.4) is 0 Å². The van der Waals surface area contributed by atoms with Gasteiger partial charge in [0, 0.05) is 25.1 Å². The Morgan fingerprint density at radius 2 is 1.77 bits per heavy atom. The number of nitrogens with two attached hydrogens (primary N) is 1. The topological polar surface area (TPSA) is 192 Å². The van der Waals surface area contributed by atoms with Crippen LogP contribution >= 0.6 is 0 Å². The van der Waals surface area contributed by atoms with E-state index in [2.05, 4.69) is 10.3 Å². The summed E-state index contributed by atoms with van der Waals surface area (Å²) >= 11 is 0. The molecule has 1 aromatic heterocycles. The number of rotatable bonds is 10. The maximum absolute atomic E-state index is 13.3. The van der Waals surface area contributed by atoms with Gasteiger partial charge in [-0.15, -0.1) is 0 Å². The number of ether oxygens (including phenoxy) is 6. The molecule has 0 unspecified atom stereocenters. The molecule has 2 amide bonds. The summed E-state index contributed by atoms with van der Waals surface area (Å²) in [6, 6.07) is 9.96. The van der Waals surface area contributed by atoms with E-state index in [0.29, 0.717) is 5.69 Å². The summed E-state index contributed by atoms with van der Waals surface area (Å²) < 4.78 is 44.6. The number of benzene rings is 1. The molecule has 0 radical (unpaired) electrons. The van der Waals surface area contributed by atoms with Gasteiger partial charge >= 0.3 is 5.69 Å². The Bertz CT molecular complexity index is 1650. The highest BCUT2D eigenvalue weighted by molar-refractivity contribution is 6.74. The molecule has 5 rings (SSSR count). The lowest BCUT2D eigenvalue weighted by molar-refractivity contribution is -0.241. The molecule has 2 fully saturated rings. The Kier molecular flexibility index (Phi) is 9.91. The number of nitrogens with zero attached hydrogens (tertiary/aromatic N) is 1. The summed E-state index contributed by atoms with van der Waals surface area (Å²) in [5.74, 6) is -2.72. The van der Waals surface area contributed by atoms with E-state index >= 15 is 0 Å². The molecule has 3 aliphatic heterocycles. The summed E-state index contributed by atoms with van der Waals surface area (Å²) in [6.45, 7) is 13.6. The number of aromatic nitrogens is 2. The van der Waals surface area contributed by atoms with E-state index in [1.54, 1.807) is 38.1 Å². The molecule has 8 atom stereocenters. The quantitative estimate of drug-likeness (QED) is 0.310. The first-order chi connectivity index (χ1) is 22.4. The smallest absolute Gasteiger partial charge is 0.330 e. The minimum Gasteiger partial charge on any atom is -0.456 e. The van der Waals surface area contributed by atoms with E-state index < -0.39 is 86.3 Å². The van der Waals surface area contributed by atoms with Crippen molar-refractivity contribution in [1.29, 1.82) is 0 Å². The fourth-order valence-electron chi connectivity index (χ4n) is 5.61. The molecule has 0 bridgehead atoms. The predicted molar refractivity (Wildman–Crippen MR) is 174 cm³/mol. The number of carbonyl (C=O) groups excluding carboxylic acids is 2. The van der Waals surface area contributed by atoms with Gasteiger partial charge in [0.1, 0.15) is 24.4 Å². The van der Waals surface area contributed by atoms with Crippen LogP contribution in [0.2, 0.25) is 18.1 Å². The van der Waals surface area contributed by atoms with Gasteiger partial charge in [0.15, 0.2) is 38.3 Å². The van der Waals surface area contributed by atoms with Crippen LogP contribution in [0.4, 0.5) is 5.69 Å². The minimum absolute atomic E-state index is 0.123. The van der Waals surface area contributed by atoms with E-state index in [1.807, 2.05) is 39.9 Å². The third kappa shape index (κ3) is 7.34. The normalized spacial score (nSPS) is 29.0. The van der Waals surface area contributed by atoms with Crippen molar-refractivity contribution in [3.8, 4) is 0 Å². The van der Waals surface area contributed by atoms with Crippen molar-refractivity contribution in [3.05, 3.63) is 75.3 Å². The van der Waals surface area contributed by atoms with Crippen LogP contribution in [0.15, 0.2) is 64.0 Å². The lowest BCUT2D eigenvalue weighted by Gasteiger charge is -2.40. The Labute approximate surface area is 278 Å². The second-order valence-corrected chi connectivity index (χ2v) is 18.7. The van der Waals surface area contributed by atoms with Gasteiger partial charge in [-0.1, -0.05) is 39.0 Å². The molecule has 16 heteroatoms. The zero-order valence-corrected chi connectivity index (χ0v) is 29.3. The van der Waals surface area contributed by atoms with Crippen LogP contribution in [0.25, 0.3) is 0 Å². The number of carbonyl (C=O) groups is 2. The van der Waals surface area contributed by atoms with Crippen LogP contribution in [-0.4, -0.2) is 85.5 Å². The number of hydrogen-bond acceptors (Lipinski definition) is 11. The first-order valence-electron chi connectivity index (χ1n) is 15.6. The molecule has 15 nitrogen and oxygen atoms in total. The van der Waals surface area contributed by atoms with Gasteiger partial charge in [-0.05, 0) is 50.2 Å². The SMILES string of the molecule is CO[C@H]1[C@@H](O[Si](C)(C)C(C)(C)C)[C@H](n2ccc(=O)[nH]c2=O)O[C@@H]1[C@@H](O[C@H]1OC(C(=O)Nc2ccccc2)=C[C@@H]2OC(C)(C)O[C@H]12)C(N)=O. The van der Waals surface area contributed by atoms with Crippen LogP contribution in [-0.2, 0) is 42.4 Å². The van der Waals surface area contributed by atoms with Crippen molar-refractivity contribution in [2.24, 2.45) is 5.73 Å². The maximum Gasteiger partial charge on any atom is 0.330 e. The van der Waals surface area contributed by atoms with Gasteiger partial charge in [0.05, 0.1) is 0 Å². The van der Waals surface area contributed by atoms with Crippen molar-refractivity contribution in [3.63, 3.8) is 0 Å². The van der Waals surface area contributed by atoms with Crippen LogP contribution < -0.4 is 22.3 Å². The maximum atomic E-state index is 13.3. The minimum atomic E-state index is -2.57. The molecule has 4 heterocycles. The van der Waals surface area contributed by atoms with Crippen molar-refractivity contribution < 1.29 is 42.4 Å². The zero-order valence-electron chi connectivity index (χ0n) is 28.3. The average molecular weight is 689 g/mol. The summed E-state index contributed by atoms with van der Waals surface area (Å²) in [4.78, 5) is 53.6. The molecule has 262 valence electrons. The summed E-state index contributed by atoms with van der Waals surface area (Å²) in [5, 5.41) is 2.50. The standard InChI is InChI=1S/C32H44N4O11Si/c1-31(2,3)48(7,8)47-25-22(41-6)23(43-28(25)36-15-14-20(37)35-30(36)40)24(26(33)38)44-29-21-18(45-32(4,5)46-21)16-19(42-29)27(39)34-17-12-10-9-11-13-17/h9-16,18,21-25,28-29H,1-8H3,(H2,33,38)(H,34,39)(H,35,37,40)/t18-,21-,22+,23-,24+,25+,28+,29+/m0/s1. The Morgan fingerprint density at radius 1 is 1.08 bits per heavy atom. The lowest BCUT2D eigenvalue weighted by Crippen LogP contribution is -2.54. The monoisotopic (exact) mass is 688 g/mol. The van der Waals surface area contributed by atoms with E-state index in [-0.39, 0.29) is 10.8 Å². The third-order valence-electron chi connectivity index (χ3n) is 8.97. The highest BCUT2D eigenvalue weighted by atomic mass is 28.4. The van der Waals surface area contributed by atoms with Gasteiger partial charge in [-0.2, -0.15) is 0 Å². The van der Waals surface area contributed by atoms with E-state index in [0.717, 1.165) is 0 Å². The molecule has 48 heavy (non-hydrogen) atoms. The molecule has 4 N–H and O–H groups in total. The first-order valence-corrected chi connectivity index (χ1v) is 18.5. The molecule has 1 aromatic carbocycles. The van der Waals surface area contributed by atoms with Gasteiger partial charge in [-0.25, -0.2) is 4.79 Å². The number of hydrogen-bond donors (Lipinski definition) is 3. The summed E-state index contributed by atoms with van der Waals surface area (Å²) in [5.41, 5.74) is 5.13. The predicted octanol–water partition coefficient (Wildman–Crippen LogP) is 2.11. The highest BCUT2D eigenvalue weighted by Crippen LogP contribution is 2.44. The van der Waals surface area contributed by atoms with Gasteiger partial charge < -0.3 is 43.9 Å². The summed E-state index contributed by atoms with van der Waals surface area (Å²) in [6.07, 6.45) is -6.17. The number of para-hydroxylation sites is 1.